The number of nitrogens with zero attached hydrogens (tertiary/aromatic N) is 2. The van der Waals surface area contributed by atoms with Crippen molar-refractivity contribution in [3.63, 3.8) is 0 Å². The van der Waals surface area contributed by atoms with Crippen LogP contribution in [0.3, 0.4) is 0 Å². The highest BCUT2D eigenvalue weighted by atomic mass is 16.5. The molecule has 0 saturated carbocycles. The fraction of sp³-hybridized carbons (Fsp3) is 0.579. The van der Waals surface area contributed by atoms with Crippen LogP contribution in [0.15, 0.2) is 24.3 Å². The second-order valence-electron chi connectivity index (χ2n) is 7.06. The van der Waals surface area contributed by atoms with Crippen LogP contribution in [0.25, 0.3) is 0 Å². The molecule has 25 heavy (non-hydrogen) atoms. The Morgan fingerprint density at radius 3 is 2.96 bits per heavy atom. The molecule has 0 spiro atoms. The summed E-state index contributed by atoms with van der Waals surface area (Å²) >= 11 is 0. The zero-order valence-electron chi connectivity index (χ0n) is 14.4. The topological polar surface area (TPSA) is 61.9 Å². The molecule has 2 fully saturated rings. The van der Waals surface area contributed by atoms with Crippen molar-refractivity contribution in [1.82, 2.24) is 10.2 Å². The highest BCUT2D eigenvalue weighted by Crippen LogP contribution is 2.38. The number of para-hydroxylation sites is 1. The van der Waals surface area contributed by atoms with Crippen LogP contribution in [0, 0.1) is 0 Å². The van der Waals surface area contributed by atoms with Gasteiger partial charge >= 0.3 is 0 Å². The van der Waals surface area contributed by atoms with Gasteiger partial charge < -0.3 is 19.9 Å². The number of rotatable bonds is 4. The number of hydrogen-bond donors (Lipinski definition) is 1. The molecule has 2 atom stereocenters. The Morgan fingerprint density at radius 1 is 1.32 bits per heavy atom. The molecule has 2 amide bonds. The fourth-order valence-corrected chi connectivity index (χ4v) is 4.12. The molecule has 134 valence electrons. The van der Waals surface area contributed by atoms with Crippen molar-refractivity contribution < 1.29 is 14.3 Å². The molecule has 3 aliphatic rings. The van der Waals surface area contributed by atoms with Crippen LogP contribution in [0.4, 0.5) is 5.69 Å². The first kappa shape index (κ1) is 16.5. The van der Waals surface area contributed by atoms with Gasteiger partial charge in [-0.1, -0.05) is 18.2 Å². The second kappa shape index (κ2) is 7.14. The van der Waals surface area contributed by atoms with Gasteiger partial charge in [-0.2, -0.15) is 0 Å². The maximum atomic E-state index is 12.9. The van der Waals surface area contributed by atoms with Gasteiger partial charge in [-0.3, -0.25) is 9.59 Å². The molecule has 2 saturated heterocycles. The number of benzene rings is 1. The number of amides is 2. The van der Waals surface area contributed by atoms with Crippen LogP contribution < -0.4 is 10.2 Å². The molecule has 4 rings (SSSR count). The van der Waals surface area contributed by atoms with Gasteiger partial charge in [-0.15, -0.1) is 0 Å². The Hall–Kier alpha value is -1.92. The van der Waals surface area contributed by atoms with Crippen molar-refractivity contribution in [3.05, 3.63) is 29.8 Å². The van der Waals surface area contributed by atoms with Crippen molar-refractivity contribution in [2.24, 2.45) is 0 Å². The van der Waals surface area contributed by atoms with Crippen LogP contribution in [-0.2, 0) is 14.3 Å². The van der Waals surface area contributed by atoms with Gasteiger partial charge in [-0.05, 0) is 24.5 Å². The largest absolute Gasteiger partial charge is 0.378 e. The summed E-state index contributed by atoms with van der Waals surface area (Å²) in [5.74, 6) is 0.646. The lowest BCUT2D eigenvalue weighted by atomic mass is 9.98. The van der Waals surface area contributed by atoms with E-state index < -0.39 is 0 Å². The van der Waals surface area contributed by atoms with E-state index in [-0.39, 0.29) is 23.8 Å². The third-order valence-electron chi connectivity index (χ3n) is 5.47. The molecule has 3 aliphatic heterocycles. The summed E-state index contributed by atoms with van der Waals surface area (Å²) in [6.45, 7) is 4.16. The molecule has 1 aromatic carbocycles. The molecular weight excluding hydrogens is 318 g/mol. The number of ether oxygens (including phenoxy) is 1. The van der Waals surface area contributed by atoms with E-state index in [0.29, 0.717) is 32.7 Å². The number of likely N-dealkylation sites (tertiary alicyclic amines) is 1. The average Bonchev–Trinajstić information content (AvgIpc) is 3.23. The summed E-state index contributed by atoms with van der Waals surface area (Å²) in [4.78, 5) is 28.6. The average molecular weight is 343 g/mol. The van der Waals surface area contributed by atoms with Crippen LogP contribution in [0.2, 0.25) is 0 Å². The predicted octanol–water partition coefficient (Wildman–Crippen LogP) is 1.12. The lowest BCUT2D eigenvalue weighted by Crippen LogP contribution is -2.52. The standard InChI is InChI=1S/C19H25N3O3/c23-18-6-3-9-21(18)10-7-14-12-22(17-5-2-1-4-15(14)17)19(24)16-13-25-11-8-20-16/h1-2,4-5,14,16,20H,3,6-13H2/t14-,16-/m0/s1. The van der Waals surface area contributed by atoms with Crippen LogP contribution >= 0.6 is 0 Å². The quantitative estimate of drug-likeness (QED) is 0.890. The number of anilines is 1. The summed E-state index contributed by atoms with van der Waals surface area (Å²) in [7, 11) is 0. The van der Waals surface area contributed by atoms with Gasteiger partial charge in [0.25, 0.3) is 0 Å². The van der Waals surface area contributed by atoms with E-state index in [9.17, 15) is 9.59 Å². The Balaban J connectivity index is 1.47. The minimum Gasteiger partial charge on any atom is -0.378 e. The number of carbonyl (C=O) groups excluding carboxylic acids is 2. The van der Waals surface area contributed by atoms with Gasteiger partial charge in [0.1, 0.15) is 6.04 Å². The summed E-state index contributed by atoms with van der Waals surface area (Å²) in [5.41, 5.74) is 2.23. The van der Waals surface area contributed by atoms with E-state index in [1.54, 1.807) is 0 Å². The van der Waals surface area contributed by atoms with Crippen molar-refractivity contribution in [2.45, 2.75) is 31.2 Å². The summed E-state index contributed by atoms with van der Waals surface area (Å²) in [5, 5.41) is 3.25. The summed E-state index contributed by atoms with van der Waals surface area (Å²) in [6, 6.07) is 7.89. The van der Waals surface area contributed by atoms with Crippen LogP contribution in [0.1, 0.15) is 30.7 Å². The lowest BCUT2D eigenvalue weighted by molar-refractivity contribution is -0.128. The lowest BCUT2D eigenvalue weighted by Gasteiger charge is -2.28. The van der Waals surface area contributed by atoms with Crippen molar-refractivity contribution in [1.29, 1.82) is 0 Å². The zero-order valence-corrected chi connectivity index (χ0v) is 14.4. The van der Waals surface area contributed by atoms with Gasteiger partial charge in [0, 0.05) is 44.2 Å². The van der Waals surface area contributed by atoms with Gasteiger partial charge in [0.05, 0.1) is 13.2 Å². The van der Waals surface area contributed by atoms with Gasteiger partial charge in [-0.25, -0.2) is 0 Å². The van der Waals surface area contributed by atoms with Crippen molar-refractivity contribution in [2.75, 3.05) is 44.3 Å². The molecule has 0 unspecified atom stereocenters. The minimum absolute atomic E-state index is 0.0897. The minimum atomic E-state index is -0.263. The first-order valence-corrected chi connectivity index (χ1v) is 9.23. The van der Waals surface area contributed by atoms with E-state index in [1.807, 2.05) is 28.0 Å². The zero-order chi connectivity index (χ0) is 17.2. The SMILES string of the molecule is O=C1CCCN1CC[C@H]1CN(C(=O)[C@@H]2COCCN2)c2ccccc21. The molecule has 6 heteroatoms. The number of hydrogen-bond acceptors (Lipinski definition) is 4. The van der Waals surface area contributed by atoms with Crippen LogP contribution in [-0.4, -0.2) is 62.1 Å². The first-order chi connectivity index (χ1) is 12.2. The summed E-state index contributed by atoms with van der Waals surface area (Å²) in [6.07, 6.45) is 2.55. The third-order valence-corrected chi connectivity index (χ3v) is 5.47. The van der Waals surface area contributed by atoms with Crippen LogP contribution in [0.5, 0.6) is 0 Å². The highest BCUT2D eigenvalue weighted by molar-refractivity contribution is 5.99. The predicted molar refractivity (Wildman–Crippen MR) is 94.6 cm³/mol. The number of fused-ring (bicyclic) bond motifs is 1. The monoisotopic (exact) mass is 343 g/mol. The van der Waals surface area contributed by atoms with E-state index in [2.05, 4.69) is 11.4 Å². The normalized spacial score (nSPS) is 26.2. The number of carbonyl (C=O) groups is 2. The van der Waals surface area contributed by atoms with E-state index in [0.717, 1.165) is 31.6 Å². The Morgan fingerprint density at radius 2 is 2.20 bits per heavy atom. The van der Waals surface area contributed by atoms with Crippen molar-refractivity contribution >= 4 is 17.5 Å². The van der Waals surface area contributed by atoms with E-state index in [4.69, 9.17) is 4.74 Å². The second-order valence-corrected chi connectivity index (χ2v) is 7.06. The molecule has 3 heterocycles. The molecule has 6 nitrogen and oxygen atoms in total. The molecule has 0 radical (unpaired) electrons. The maximum absolute atomic E-state index is 12.9. The molecule has 0 aliphatic carbocycles. The Labute approximate surface area is 148 Å². The van der Waals surface area contributed by atoms with E-state index in [1.165, 1.54) is 5.56 Å². The molecular formula is C19H25N3O3. The smallest absolute Gasteiger partial charge is 0.246 e. The van der Waals surface area contributed by atoms with Gasteiger partial charge in [0.2, 0.25) is 11.8 Å². The molecule has 1 N–H and O–H groups in total. The highest BCUT2D eigenvalue weighted by Gasteiger charge is 2.36. The fourth-order valence-electron chi connectivity index (χ4n) is 4.12. The molecule has 0 bridgehead atoms. The number of morpholine rings is 1. The van der Waals surface area contributed by atoms with E-state index >= 15 is 0 Å². The van der Waals surface area contributed by atoms with Gasteiger partial charge in [0.15, 0.2) is 0 Å². The third kappa shape index (κ3) is 3.28. The molecule has 0 aromatic heterocycles. The summed E-state index contributed by atoms with van der Waals surface area (Å²) < 4.78 is 5.45. The molecule has 1 aromatic rings. The Bertz CT molecular complexity index is 657. The maximum Gasteiger partial charge on any atom is 0.246 e. The first-order valence-electron chi connectivity index (χ1n) is 9.23. The number of nitrogens with one attached hydrogen (secondary N) is 1. The Kier molecular flexibility index (Phi) is 4.72. The van der Waals surface area contributed by atoms with Crippen molar-refractivity contribution in [3.8, 4) is 0 Å².